The monoisotopic (exact) mass is 669 g/mol. The minimum Gasteiger partial charge on any atom is -0.321 e. The van der Waals surface area contributed by atoms with Gasteiger partial charge in [0.25, 0.3) is 17.7 Å². The molecule has 9 nitrogen and oxygen atoms in total. The summed E-state index contributed by atoms with van der Waals surface area (Å²) in [5, 5.41) is 13.2. The fourth-order valence-corrected chi connectivity index (χ4v) is 5.79. The molecular weight excluding hydrogens is 641 g/mol. The number of amidine groups is 1. The Balaban J connectivity index is 1.30. The fourth-order valence-electron chi connectivity index (χ4n) is 4.56. The average molecular weight is 670 g/mol. The van der Waals surface area contributed by atoms with E-state index in [9.17, 15) is 23.6 Å². The summed E-state index contributed by atoms with van der Waals surface area (Å²) in [5.74, 6) is -2.26. The van der Waals surface area contributed by atoms with Crippen molar-refractivity contribution in [2.45, 2.75) is 29.9 Å². The van der Waals surface area contributed by atoms with Gasteiger partial charge >= 0.3 is 0 Å². The fraction of sp³-hybridized carbons (Fsp3) is 0.114. The Morgan fingerprint density at radius 2 is 1.66 bits per heavy atom. The lowest BCUT2D eigenvalue weighted by Gasteiger charge is -2.16. The molecule has 0 saturated carbocycles. The van der Waals surface area contributed by atoms with Gasteiger partial charge in [-0.3, -0.25) is 19.2 Å². The van der Waals surface area contributed by atoms with E-state index < -0.39 is 22.9 Å². The highest BCUT2D eigenvalue weighted by Gasteiger charge is 2.28. The SMILES string of the molecule is CCC(Sc1cccc(NC(=O)/C(=C\c2c(F)cccc2Cl)NC(=O)c2ccccc2)c1)C(=O)NC1=NN(c2ccccc2)C(=O)C1. The van der Waals surface area contributed by atoms with Crippen LogP contribution in [-0.2, 0) is 14.4 Å². The zero-order chi connectivity index (χ0) is 33.3. The molecule has 1 heterocycles. The first kappa shape index (κ1) is 33.1. The number of hydrazone groups is 1. The maximum absolute atomic E-state index is 14.6. The highest BCUT2D eigenvalue weighted by molar-refractivity contribution is 8.00. The highest BCUT2D eigenvalue weighted by atomic mass is 35.5. The molecule has 4 amide bonds. The second-order valence-corrected chi connectivity index (χ2v) is 11.9. The van der Waals surface area contributed by atoms with Crippen molar-refractivity contribution in [1.82, 2.24) is 10.6 Å². The first-order chi connectivity index (χ1) is 22.7. The Morgan fingerprint density at radius 1 is 0.957 bits per heavy atom. The van der Waals surface area contributed by atoms with Crippen LogP contribution in [0.15, 0.2) is 119 Å². The van der Waals surface area contributed by atoms with Crippen LogP contribution >= 0.6 is 23.4 Å². The van der Waals surface area contributed by atoms with Crippen LogP contribution in [0.25, 0.3) is 6.08 Å². The Kier molecular flexibility index (Phi) is 10.8. The van der Waals surface area contributed by atoms with Crippen molar-refractivity contribution >= 4 is 70.3 Å². The van der Waals surface area contributed by atoms with E-state index in [1.807, 2.05) is 13.0 Å². The van der Waals surface area contributed by atoms with E-state index in [-0.39, 0.29) is 40.4 Å². The van der Waals surface area contributed by atoms with E-state index in [4.69, 9.17) is 11.6 Å². The molecule has 1 atom stereocenters. The van der Waals surface area contributed by atoms with Gasteiger partial charge in [0.05, 0.1) is 22.4 Å². The van der Waals surface area contributed by atoms with E-state index in [2.05, 4.69) is 21.1 Å². The zero-order valence-electron chi connectivity index (χ0n) is 25.1. The van der Waals surface area contributed by atoms with Crippen molar-refractivity contribution in [1.29, 1.82) is 0 Å². The average Bonchev–Trinajstić information content (AvgIpc) is 3.44. The number of anilines is 2. The number of benzene rings is 4. The Morgan fingerprint density at radius 3 is 2.36 bits per heavy atom. The highest BCUT2D eigenvalue weighted by Crippen LogP contribution is 2.29. The minimum atomic E-state index is -0.715. The Hall–Kier alpha value is -5.26. The number of thioether (sulfide) groups is 1. The largest absolute Gasteiger partial charge is 0.321 e. The molecule has 47 heavy (non-hydrogen) atoms. The van der Waals surface area contributed by atoms with E-state index in [1.54, 1.807) is 78.9 Å². The molecular formula is C35H29ClFN5O4S. The summed E-state index contributed by atoms with van der Waals surface area (Å²) in [6.45, 7) is 1.86. The van der Waals surface area contributed by atoms with Gasteiger partial charge in [0.1, 0.15) is 17.3 Å². The van der Waals surface area contributed by atoms with Crippen LogP contribution in [-0.4, -0.2) is 34.7 Å². The van der Waals surface area contributed by atoms with Crippen LogP contribution in [0.1, 0.15) is 35.7 Å². The molecule has 0 aromatic heterocycles. The standard InChI is InChI=1S/C35H29ClFN5O4S/c1-2-30(35(46)40-31-21-32(43)42(41-31)24-14-7-4-8-15-24)47-25-16-9-13-23(19-25)38-34(45)29(20-26-27(36)17-10-18-28(26)37)39-33(44)22-11-5-3-6-12-22/h3-20,30H,2,21H2,1H3,(H,38,45)(H,39,44)(H,40,41,46)/b29-20+. The predicted molar refractivity (Wildman–Crippen MR) is 182 cm³/mol. The number of amides is 4. The van der Waals surface area contributed by atoms with Crippen LogP contribution < -0.4 is 21.0 Å². The van der Waals surface area contributed by atoms with Gasteiger partial charge in [-0.2, -0.15) is 10.1 Å². The third-order valence-corrected chi connectivity index (χ3v) is 8.58. The number of carbonyl (C=O) groups is 4. The molecule has 4 aromatic rings. The van der Waals surface area contributed by atoms with Gasteiger partial charge in [-0.25, -0.2) is 4.39 Å². The number of para-hydroxylation sites is 1. The topological polar surface area (TPSA) is 120 Å². The molecule has 0 aliphatic carbocycles. The van der Waals surface area contributed by atoms with Gasteiger partial charge in [0, 0.05) is 21.7 Å². The van der Waals surface area contributed by atoms with Crippen LogP contribution in [0.2, 0.25) is 5.02 Å². The quantitative estimate of drug-likeness (QED) is 0.129. The first-order valence-corrected chi connectivity index (χ1v) is 15.8. The first-order valence-electron chi connectivity index (χ1n) is 14.6. The molecule has 12 heteroatoms. The lowest BCUT2D eigenvalue weighted by molar-refractivity contribution is -0.119. The van der Waals surface area contributed by atoms with E-state index >= 15 is 0 Å². The van der Waals surface area contributed by atoms with Crippen molar-refractivity contribution in [3.05, 3.63) is 131 Å². The van der Waals surface area contributed by atoms with E-state index in [1.165, 1.54) is 41.0 Å². The molecule has 0 bridgehead atoms. The van der Waals surface area contributed by atoms with Crippen molar-refractivity contribution in [2.75, 3.05) is 10.3 Å². The smallest absolute Gasteiger partial charge is 0.272 e. The molecule has 0 saturated heterocycles. The second-order valence-electron chi connectivity index (χ2n) is 10.3. The number of rotatable bonds is 10. The second kappa shape index (κ2) is 15.4. The van der Waals surface area contributed by atoms with E-state index in [0.717, 1.165) is 0 Å². The molecule has 1 unspecified atom stereocenters. The summed E-state index contributed by atoms with van der Waals surface area (Å²) in [6.07, 6.45) is 1.62. The van der Waals surface area contributed by atoms with Gasteiger partial charge in [-0.05, 0) is 67.1 Å². The normalized spacial score (nSPS) is 13.5. The summed E-state index contributed by atoms with van der Waals surface area (Å²) in [5.41, 5.74) is 0.991. The maximum Gasteiger partial charge on any atom is 0.272 e. The third kappa shape index (κ3) is 8.51. The Bertz CT molecular complexity index is 1850. The molecule has 1 aliphatic rings. The number of halogens is 2. The molecule has 0 spiro atoms. The lowest BCUT2D eigenvalue weighted by Crippen LogP contribution is -2.36. The lowest BCUT2D eigenvalue weighted by atomic mass is 10.1. The summed E-state index contributed by atoms with van der Waals surface area (Å²) in [7, 11) is 0. The number of hydrogen-bond acceptors (Lipinski definition) is 6. The number of nitrogens with one attached hydrogen (secondary N) is 3. The third-order valence-electron chi connectivity index (χ3n) is 6.89. The molecule has 0 fully saturated rings. The molecule has 1 aliphatic heterocycles. The Labute approximate surface area is 279 Å². The van der Waals surface area contributed by atoms with Crippen LogP contribution in [0.3, 0.4) is 0 Å². The van der Waals surface area contributed by atoms with Crippen LogP contribution in [0.4, 0.5) is 15.8 Å². The van der Waals surface area contributed by atoms with Gasteiger partial charge < -0.3 is 16.0 Å². The van der Waals surface area contributed by atoms with E-state index in [0.29, 0.717) is 28.3 Å². The number of nitrogens with zero attached hydrogens (tertiary/aromatic N) is 2. The summed E-state index contributed by atoms with van der Waals surface area (Å²) in [6, 6.07) is 28.1. The van der Waals surface area contributed by atoms with Gasteiger partial charge in [-0.1, -0.05) is 67.1 Å². The predicted octanol–water partition coefficient (Wildman–Crippen LogP) is 6.63. The summed E-state index contributed by atoms with van der Waals surface area (Å²) >= 11 is 7.48. The maximum atomic E-state index is 14.6. The molecule has 4 aromatic carbocycles. The summed E-state index contributed by atoms with van der Waals surface area (Å²) in [4.78, 5) is 52.8. The number of carbonyl (C=O) groups excluding carboxylic acids is 4. The van der Waals surface area contributed by atoms with Crippen molar-refractivity contribution < 1.29 is 23.6 Å². The van der Waals surface area contributed by atoms with Crippen molar-refractivity contribution in [2.24, 2.45) is 5.10 Å². The van der Waals surface area contributed by atoms with Gasteiger partial charge in [0.2, 0.25) is 5.91 Å². The van der Waals surface area contributed by atoms with Gasteiger partial charge in [0.15, 0.2) is 0 Å². The summed E-state index contributed by atoms with van der Waals surface area (Å²) < 4.78 is 14.6. The molecule has 0 radical (unpaired) electrons. The van der Waals surface area contributed by atoms with Crippen LogP contribution in [0, 0.1) is 5.82 Å². The molecule has 5 rings (SSSR count). The molecule has 238 valence electrons. The molecule has 3 N–H and O–H groups in total. The van der Waals surface area contributed by atoms with Crippen molar-refractivity contribution in [3.63, 3.8) is 0 Å². The minimum absolute atomic E-state index is 0.0298. The van der Waals surface area contributed by atoms with Crippen LogP contribution in [0.5, 0.6) is 0 Å². The van der Waals surface area contributed by atoms with Crippen molar-refractivity contribution in [3.8, 4) is 0 Å². The van der Waals surface area contributed by atoms with Gasteiger partial charge in [-0.15, -0.1) is 11.8 Å². The zero-order valence-corrected chi connectivity index (χ0v) is 26.6. The number of hydrogen-bond donors (Lipinski definition) is 3.